The summed E-state index contributed by atoms with van der Waals surface area (Å²) < 4.78 is 26.4. The summed E-state index contributed by atoms with van der Waals surface area (Å²) in [5.74, 6) is -1.51. The Balaban J connectivity index is 1.89. The van der Waals surface area contributed by atoms with Gasteiger partial charge in [0.25, 0.3) is 0 Å². The van der Waals surface area contributed by atoms with Gasteiger partial charge in [-0.25, -0.2) is 8.42 Å². The lowest BCUT2D eigenvalue weighted by Gasteiger charge is -2.33. The molecule has 2 N–H and O–H groups in total. The Hall–Kier alpha value is -1.68. The van der Waals surface area contributed by atoms with Gasteiger partial charge in [0, 0.05) is 31.2 Å². The topological polar surface area (TPSA) is 107 Å². The van der Waals surface area contributed by atoms with E-state index in [0.717, 1.165) is 0 Å². The molecule has 0 aliphatic carbocycles. The maximum absolute atomic E-state index is 12.5. The number of nitrogens with zero attached hydrogens (tertiary/aromatic N) is 2. The second-order valence-electron chi connectivity index (χ2n) is 5.30. The summed E-state index contributed by atoms with van der Waals surface area (Å²) in [6.07, 6.45) is 0. The van der Waals surface area contributed by atoms with Gasteiger partial charge in [0.2, 0.25) is 15.9 Å². The van der Waals surface area contributed by atoms with Crippen LogP contribution in [0.15, 0.2) is 29.2 Å². The number of hydrogen-bond acceptors (Lipinski definition) is 5. The number of hydrogen-bond donors (Lipinski definition) is 2. The van der Waals surface area contributed by atoms with Gasteiger partial charge in [-0.2, -0.15) is 4.31 Å². The summed E-state index contributed by atoms with van der Waals surface area (Å²) in [5.41, 5.74) is 0. The molecule has 1 heterocycles. The van der Waals surface area contributed by atoms with Crippen molar-refractivity contribution in [1.29, 1.82) is 0 Å². The smallest absolute Gasteiger partial charge is 0.322 e. The van der Waals surface area contributed by atoms with E-state index in [1.54, 1.807) is 4.90 Å². The number of carbonyl (C=O) groups excluding carboxylic acids is 1. The first-order valence-corrected chi connectivity index (χ1v) is 9.07. The third kappa shape index (κ3) is 4.91. The largest absolute Gasteiger partial charge is 0.480 e. The van der Waals surface area contributed by atoms with Crippen LogP contribution in [0.5, 0.6) is 0 Å². The number of carbonyl (C=O) groups is 2. The fourth-order valence-electron chi connectivity index (χ4n) is 2.32. The molecule has 1 aliphatic rings. The van der Waals surface area contributed by atoms with E-state index in [0.29, 0.717) is 18.1 Å². The van der Waals surface area contributed by atoms with Crippen molar-refractivity contribution in [2.75, 3.05) is 39.3 Å². The summed E-state index contributed by atoms with van der Waals surface area (Å²) in [6.45, 7) is 0.931. The van der Waals surface area contributed by atoms with Crippen LogP contribution >= 0.6 is 11.6 Å². The molecular weight excluding hydrogens is 358 g/mol. The number of carboxylic acid groups (broad SMARTS) is 1. The van der Waals surface area contributed by atoms with Crippen LogP contribution < -0.4 is 5.32 Å². The number of benzene rings is 1. The molecule has 1 aromatic carbocycles. The zero-order valence-corrected chi connectivity index (χ0v) is 14.4. The number of halogens is 1. The minimum atomic E-state index is -3.58. The Morgan fingerprint density at radius 3 is 2.25 bits per heavy atom. The van der Waals surface area contributed by atoms with Crippen molar-refractivity contribution < 1.29 is 23.1 Å². The van der Waals surface area contributed by atoms with Crippen LogP contribution in [0, 0.1) is 0 Å². The Bertz CT molecular complexity index is 700. The Kier molecular flexibility index (Phi) is 6.16. The van der Waals surface area contributed by atoms with Crippen LogP contribution in [0.1, 0.15) is 0 Å². The number of amides is 1. The lowest BCUT2D eigenvalue weighted by molar-refractivity contribution is -0.138. The van der Waals surface area contributed by atoms with Gasteiger partial charge < -0.3 is 10.4 Å². The maximum atomic E-state index is 12.5. The highest BCUT2D eigenvalue weighted by Gasteiger charge is 2.28. The van der Waals surface area contributed by atoms with E-state index in [4.69, 9.17) is 16.7 Å². The highest BCUT2D eigenvalue weighted by Crippen LogP contribution is 2.19. The van der Waals surface area contributed by atoms with Crippen LogP contribution in [0.3, 0.4) is 0 Å². The molecule has 1 saturated heterocycles. The van der Waals surface area contributed by atoms with Crippen molar-refractivity contribution in [1.82, 2.24) is 14.5 Å². The van der Waals surface area contributed by atoms with Crippen molar-refractivity contribution in [2.24, 2.45) is 0 Å². The predicted molar refractivity (Wildman–Crippen MR) is 87.3 cm³/mol. The molecule has 0 unspecified atom stereocenters. The molecule has 1 fully saturated rings. The van der Waals surface area contributed by atoms with Crippen molar-refractivity contribution in [3.63, 3.8) is 0 Å². The first-order chi connectivity index (χ1) is 11.3. The summed E-state index contributed by atoms with van der Waals surface area (Å²) >= 11 is 5.77. The van der Waals surface area contributed by atoms with E-state index in [1.165, 1.54) is 28.6 Å². The molecule has 1 aromatic rings. The fourth-order valence-corrected chi connectivity index (χ4v) is 3.86. The fraction of sp³-hybridized carbons (Fsp3) is 0.429. The minimum Gasteiger partial charge on any atom is -0.480 e. The first-order valence-electron chi connectivity index (χ1n) is 7.25. The summed E-state index contributed by atoms with van der Waals surface area (Å²) in [4.78, 5) is 23.9. The molecule has 132 valence electrons. The van der Waals surface area contributed by atoms with Crippen LogP contribution in [-0.4, -0.2) is 73.9 Å². The van der Waals surface area contributed by atoms with Crippen molar-refractivity contribution in [3.8, 4) is 0 Å². The molecule has 1 amide bonds. The third-order valence-electron chi connectivity index (χ3n) is 3.59. The SMILES string of the molecule is O=C(O)CNC(=O)CN1CCN(S(=O)(=O)c2ccc(Cl)cc2)CC1. The van der Waals surface area contributed by atoms with Crippen LogP contribution in [0.25, 0.3) is 0 Å². The molecular formula is C14H18ClN3O5S. The average Bonchev–Trinajstić information content (AvgIpc) is 2.54. The second-order valence-corrected chi connectivity index (χ2v) is 7.68. The standard InChI is InChI=1S/C14H18ClN3O5S/c15-11-1-3-12(4-2-11)24(22,23)18-7-5-17(6-8-18)10-13(19)16-9-14(20)21/h1-4H,5-10H2,(H,16,19)(H,20,21). The molecule has 0 bridgehead atoms. The molecule has 1 aliphatic heterocycles. The van der Waals surface area contributed by atoms with E-state index in [2.05, 4.69) is 5.32 Å². The van der Waals surface area contributed by atoms with Gasteiger partial charge in [-0.05, 0) is 24.3 Å². The lowest BCUT2D eigenvalue weighted by Crippen LogP contribution is -2.51. The Morgan fingerprint density at radius 1 is 1.12 bits per heavy atom. The molecule has 10 heteroatoms. The molecule has 0 atom stereocenters. The van der Waals surface area contributed by atoms with E-state index < -0.39 is 28.4 Å². The van der Waals surface area contributed by atoms with E-state index in [1.807, 2.05) is 0 Å². The quantitative estimate of drug-likeness (QED) is 0.716. The number of sulfonamides is 1. The van der Waals surface area contributed by atoms with E-state index >= 15 is 0 Å². The number of aliphatic carboxylic acids is 1. The van der Waals surface area contributed by atoms with Crippen LogP contribution in [-0.2, 0) is 19.6 Å². The van der Waals surface area contributed by atoms with Crippen molar-refractivity contribution in [2.45, 2.75) is 4.90 Å². The molecule has 24 heavy (non-hydrogen) atoms. The Morgan fingerprint density at radius 2 is 1.71 bits per heavy atom. The van der Waals surface area contributed by atoms with Crippen LogP contribution in [0.2, 0.25) is 5.02 Å². The Labute approximate surface area is 145 Å². The van der Waals surface area contributed by atoms with E-state index in [9.17, 15) is 18.0 Å². The normalized spacial score (nSPS) is 16.7. The minimum absolute atomic E-state index is 0.0438. The number of piperazine rings is 1. The molecule has 8 nitrogen and oxygen atoms in total. The van der Waals surface area contributed by atoms with Gasteiger partial charge in [0.15, 0.2) is 0 Å². The number of rotatable bonds is 6. The van der Waals surface area contributed by atoms with Crippen LogP contribution in [0.4, 0.5) is 0 Å². The summed E-state index contributed by atoms with van der Waals surface area (Å²) in [5, 5.41) is 11.2. The molecule has 0 aromatic heterocycles. The van der Waals surface area contributed by atoms with E-state index in [-0.39, 0.29) is 24.5 Å². The van der Waals surface area contributed by atoms with Gasteiger partial charge in [-0.3, -0.25) is 14.5 Å². The third-order valence-corrected chi connectivity index (χ3v) is 5.75. The lowest BCUT2D eigenvalue weighted by atomic mass is 10.3. The van der Waals surface area contributed by atoms with Gasteiger partial charge in [-0.15, -0.1) is 0 Å². The molecule has 0 radical (unpaired) electrons. The van der Waals surface area contributed by atoms with Crippen molar-refractivity contribution in [3.05, 3.63) is 29.3 Å². The average molecular weight is 376 g/mol. The monoisotopic (exact) mass is 375 g/mol. The van der Waals surface area contributed by atoms with Gasteiger partial charge in [0.1, 0.15) is 6.54 Å². The van der Waals surface area contributed by atoms with Gasteiger partial charge in [0.05, 0.1) is 11.4 Å². The summed E-state index contributed by atoms with van der Waals surface area (Å²) in [7, 11) is -3.58. The summed E-state index contributed by atoms with van der Waals surface area (Å²) in [6, 6.07) is 5.97. The zero-order valence-electron chi connectivity index (χ0n) is 12.8. The van der Waals surface area contributed by atoms with Crippen molar-refractivity contribution >= 4 is 33.5 Å². The highest BCUT2D eigenvalue weighted by atomic mass is 35.5. The maximum Gasteiger partial charge on any atom is 0.322 e. The first kappa shape index (κ1) is 18.7. The zero-order chi connectivity index (χ0) is 17.7. The molecule has 2 rings (SSSR count). The highest BCUT2D eigenvalue weighted by molar-refractivity contribution is 7.89. The molecule has 0 saturated carbocycles. The molecule has 0 spiro atoms. The van der Waals surface area contributed by atoms with Gasteiger partial charge in [-0.1, -0.05) is 11.6 Å². The predicted octanol–water partition coefficient (Wildman–Crippen LogP) is -0.153. The van der Waals surface area contributed by atoms with Gasteiger partial charge >= 0.3 is 5.97 Å². The number of carboxylic acids is 1. The number of nitrogens with one attached hydrogen (secondary N) is 1. The second kappa shape index (κ2) is 7.93.